The number of hydrazine groups is 1. The maximum absolute atomic E-state index is 13.2. The summed E-state index contributed by atoms with van der Waals surface area (Å²) < 4.78 is 38.9. The van der Waals surface area contributed by atoms with Crippen molar-refractivity contribution in [3.8, 4) is 11.5 Å². The van der Waals surface area contributed by atoms with E-state index in [1.54, 1.807) is 37.3 Å². The highest BCUT2D eigenvalue weighted by Gasteiger charge is 2.32. The molecule has 2 heterocycles. The monoisotopic (exact) mass is 473 g/mol. The molecule has 2 aromatic rings. The maximum Gasteiger partial charge on any atom is 0.283 e. The number of amides is 2. The van der Waals surface area contributed by atoms with Gasteiger partial charge in [0.15, 0.2) is 11.5 Å². The maximum atomic E-state index is 13.2. The second kappa shape index (κ2) is 9.40. The van der Waals surface area contributed by atoms with Gasteiger partial charge in [-0.25, -0.2) is 8.42 Å². The lowest BCUT2D eigenvalue weighted by Crippen LogP contribution is -2.51. The lowest BCUT2D eigenvalue weighted by molar-refractivity contribution is -0.131. The van der Waals surface area contributed by atoms with Crippen molar-refractivity contribution in [1.29, 1.82) is 0 Å². The number of ether oxygens (including phenoxy) is 2. The summed E-state index contributed by atoms with van der Waals surface area (Å²) in [4.78, 5) is 25.3. The average molecular weight is 474 g/mol. The van der Waals surface area contributed by atoms with E-state index in [0.717, 1.165) is 19.3 Å². The molecule has 1 fully saturated rings. The van der Waals surface area contributed by atoms with E-state index in [-0.39, 0.29) is 23.1 Å². The third kappa shape index (κ3) is 4.81. The summed E-state index contributed by atoms with van der Waals surface area (Å²) in [6, 6.07) is 11.3. The molecule has 2 amide bonds. The quantitative estimate of drug-likeness (QED) is 0.658. The van der Waals surface area contributed by atoms with E-state index in [1.165, 1.54) is 16.4 Å². The Hall–Kier alpha value is -3.11. The largest absolute Gasteiger partial charge is 0.485 e. The van der Waals surface area contributed by atoms with Gasteiger partial charge in [0, 0.05) is 18.2 Å². The summed E-state index contributed by atoms with van der Waals surface area (Å²) in [5.41, 5.74) is 5.42. The van der Waals surface area contributed by atoms with Crippen molar-refractivity contribution < 1.29 is 27.5 Å². The molecule has 2 aliphatic heterocycles. The van der Waals surface area contributed by atoms with Gasteiger partial charge in [-0.1, -0.05) is 24.6 Å². The fourth-order valence-electron chi connectivity index (χ4n) is 3.99. The number of carbonyl (C=O) groups excluding carboxylic acids is 2. The Morgan fingerprint density at radius 3 is 2.58 bits per heavy atom. The number of fused-ring (bicyclic) bond motifs is 1. The van der Waals surface area contributed by atoms with Gasteiger partial charge >= 0.3 is 0 Å². The van der Waals surface area contributed by atoms with Crippen LogP contribution in [-0.2, 0) is 14.8 Å². The molecule has 176 valence electrons. The lowest BCUT2D eigenvalue weighted by atomic mass is 10.1. The smallest absolute Gasteiger partial charge is 0.283 e. The molecule has 0 radical (unpaired) electrons. The van der Waals surface area contributed by atoms with E-state index in [0.29, 0.717) is 23.6 Å². The van der Waals surface area contributed by atoms with E-state index in [9.17, 15) is 18.0 Å². The van der Waals surface area contributed by atoms with E-state index in [1.807, 2.05) is 6.92 Å². The molecule has 2 atom stereocenters. The second-order valence-electron chi connectivity index (χ2n) is 8.24. The van der Waals surface area contributed by atoms with Crippen molar-refractivity contribution in [3.63, 3.8) is 0 Å². The van der Waals surface area contributed by atoms with E-state index < -0.39 is 27.9 Å². The van der Waals surface area contributed by atoms with Crippen molar-refractivity contribution in [1.82, 2.24) is 15.2 Å². The number of carbonyl (C=O) groups is 2. The summed E-state index contributed by atoms with van der Waals surface area (Å²) in [5.74, 6) is -0.221. The van der Waals surface area contributed by atoms with E-state index >= 15 is 0 Å². The SMILES string of the molecule is Cc1ccc(S(=O)(=O)N2CCCCC2C)cc1C(=O)NNC(=O)C1COc2ccccc2O1. The van der Waals surface area contributed by atoms with Crippen LogP contribution in [0.4, 0.5) is 0 Å². The molecule has 0 spiro atoms. The number of nitrogens with one attached hydrogen (secondary N) is 2. The molecule has 0 aromatic heterocycles. The zero-order valence-corrected chi connectivity index (χ0v) is 19.4. The van der Waals surface area contributed by atoms with Crippen molar-refractivity contribution in [2.45, 2.75) is 50.2 Å². The lowest BCUT2D eigenvalue weighted by Gasteiger charge is -2.32. The van der Waals surface area contributed by atoms with Gasteiger partial charge < -0.3 is 9.47 Å². The van der Waals surface area contributed by atoms with Crippen molar-refractivity contribution in [2.75, 3.05) is 13.2 Å². The van der Waals surface area contributed by atoms with Crippen molar-refractivity contribution >= 4 is 21.8 Å². The number of aryl methyl sites for hydroxylation is 1. The Morgan fingerprint density at radius 2 is 1.82 bits per heavy atom. The predicted octanol–water partition coefficient (Wildman–Crippen LogP) is 2.16. The van der Waals surface area contributed by atoms with Gasteiger partial charge in [-0.3, -0.25) is 20.4 Å². The normalized spacial score (nSPS) is 20.7. The molecular formula is C23H27N3O6S. The molecule has 1 saturated heterocycles. The number of hydrogen-bond acceptors (Lipinski definition) is 6. The minimum absolute atomic E-state index is 0.000503. The van der Waals surface area contributed by atoms with Gasteiger partial charge in [0.2, 0.25) is 16.1 Å². The molecule has 10 heteroatoms. The van der Waals surface area contributed by atoms with Crippen LogP contribution >= 0.6 is 0 Å². The van der Waals surface area contributed by atoms with Gasteiger partial charge in [0.05, 0.1) is 4.90 Å². The number of para-hydroxylation sites is 2. The highest BCUT2D eigenvalue weighted by Crippen LogP contribution is 2.31. The molecule has 2 aliphatic rings. The fourth-order valence-corrected chi connectivity index (χ4v) is 5.71. The highest BCUT2D eigenvalue weighted by molar-refractivity contribution is 7.89. The van der Waals surface area contributed by atoms with E-state index in [4.69, 9.17) is 9.47 Å². The van der Waals surface area contributed by atoms with Gasteiger partial charge in [-0.15, -0.1) is 0 Å². The Bertz CT molecular complexity index is 1170. The molecule has 0 saturated carbocycles. The minimum Gasteiger partial charge on any atom is -0.485 e. The Morgan fingerprint density at radius 1 is 1.06 bits per heavy atom. The zero-order valence-electron chi connectivity index (χ0n) is 18.5. The van der Waals surface area contributed by atoms with E-state index in [2.05, 4.69) is 10.9 Å². The van der Waals surface area contributed by atoms with Crippen LogP contribution in [-0.4, -0.2) is 49.8 Å². The zero-order chi connectivity index (χ0) is 23.6. The van der Waals surface area contributed by atoms with Crippen LogP contribution in [0.25, 0.3) is 0 Å². The van der Waals surface area contributed by atoms with Crippen LogP contribution in [0.15, 0.2) is 47.4 Å². The highest BCUT2D eigenvalue weighted by atomic mass is 32.2. The Labute approximate surface area is 193 Å². The van der Waals surface area contributed by atoms with Gasteiger partial charge in [0.1, 0.15) is 6.61 Å². The second-order valence-corrected chi connectivity index (χ2v) is 10.1. The molecule has 2 N–H and O–H groups in total. The molecular weight excluding hydrogens is 446 g/mol. The van der Waals surface area contributed by atoms with Crippen molar-refractivity contribution in [3.05, 3.63) is 53.6 Å². The van der Waals surface area contributed by atoms with Crippen LogP contribution in [0.1, 0.15) is 42.1 Å². The van der Waals surface area contributed by atoms with Crippen LogP contribution < -0.4 is 20.3 Å². The van der Waals surface area contributed by atoms with Crippen LogP contribution in [0.2, 0.25) is 0 Å². The third-order valence-electron chi connectivity index (χ3n) is 5.90. The molecule has 9 nitrogen and oxygen atoms in total. The number of sulfonamides is 1. The summed E-state index contributed by atoms with van der Waals surface area (Å²) >= 11 is 0. The van der Waals surface area contributed by atoms with Gasteiger partial charge in [0.25, 0.3) is 11.8 Å². The standard InChI is InChI=1S/C23H27N3O6S/c1-15-10-11-17(33(29,30)26-12-6-5-7-16(26)2)13-18(15)22(27)24-25-23(28)21-14-31-19-8-3-4-9-20(19)32-21/h3-4,8-11,13,16,21H,5-7,12,14H2,1-2H3,(H,24,27)(H,25,28). The first-order valence-electron chi connectivity index (χ1n) is 10.9. The average Bonchev–Trinajstić information content (AvgIpc) is 2.82. The first-order chi connectivity index (χ1) is 15.8. The molecule has 0 aliphatic carbocycles. The molecule has 0 bridgehead atoms. The van der Waals surface area contributed by atoms with Crippen LogP contribution in [0.3, 0.4) is 0 Å². The Balaban J connectivity index is 1.44. The number of piperidine rings is 1. The summed E-state index contributed by atoms with van der Waals surface area (Å²) in [6.07, 6.45) is 1.68. The number of hydrogen-bond donors (Lipinski definition) is 2. The van der Waals surface area contributed by atoms with Crippen molar-refractivity contribution in [2.24, 2.45) is 0 Å². The molecule has 2 aromatic carbocycles. The molecule has 2 unspecified atom stereocenters. The first-order valence-corrected chi connectivity index (χ1v) is 12.3. The van der Waals surface area contributed by atoms with Crippen LogP contribution in [0, 0.1) is 6.92 Å². The molecule has 33 heavy (non-hydrogen) atoms. The molecule has 4 rings (SSSR count). The number of nitrogens with zero attached hydrogens (tertiary/aromatic N) is 1. The third-order valence-corrected chi connectivity index (χ3v) is 7.91. The first kappa shape index (κ1) is 23.1. The Kier molecular flexibility index (Phi) is 6.57. The minimum atomic E-state index is -3.73. The number of benzene rings is 2. The van der Waals surface area contributed by atoms with Gasteiger partial charge in [-0.2, -0.15) is 4.31 Å². The van der Waals surface area contributed by atoms with Gasteiger partial charge in [-0.05, 0) is 56.5 Å². The predicted molar refractivity (Wildman–Crippen MR) is 120 cm³/mol. The summed E-state index contributed by atoms with van der Waals surface area (Å²) in [5, 5.41) is 0. The fraction of sp³-hybridized carbons (Fsp3) is 0.391. The summed E-state index contributed by atoms with van der Waals surface area (Å²) in [7, 11) is -3.73. The summed E-state index contributed by atoms with van der Waals surface area (Å²) in [6.45, 7) is 4.05. The topological polar surface area (TPSA) is 114 Å². The van der Waals surface area contributed by atoms with Crippen LogP contribution in [0.5, 0.6) is 11.5 Å². The number of rotatable bonds is 4.